The van der Waals surface area contributed by atoms with Gasteiger partial charge in [0.1, 0.15) is 17.5 Å². The number of benzene rings is 3. The minimum atomic E-state index is -3.65. The van der Waals surface area contributed by atoms with Gasteiger partial charge >= 0.3 is 0 Å². The molecule has 0 aliphatic carbocycles. The van der Waals surface area contributed by atoms with Gasteiger partial charge in [-0.3, -0.25) is 9.59 Å². The van der Waals surface area contributed by atoms with Crippen molar-refractivity contribution in [3.63, 3.8) is 0 Å². The van der Waals surface area contributed by atoms with Crippen LogP contribution >= 0.6 is 0 Å². The van der Waals surface area contributed by atoms with E-state index in [1.165, 1.54) is 11.2 Å². The van der Waals surface area contributed by atoms with E-state index in [4.69, 9.17) is 9.47 Å². The zero-order chi connectivity index (χ0) is 27.3. The molecular weight excluding hydrogens is 506 g/mol. The van der Waals surface area contributed by atoms with Gasteiger partial charge in [-0.25, -0.2) is 8.42 Å². The maximum Gasteiger partial charge on any atom is 0.243 e. The molecule has 1 aliphatic heterocycles. The van der Waals surface area contributed by atoms with Gasteiger partial charge in [-0.15, -0.1) is 0 Å². The first kappa shape index (κ1) is 27.4. The lowest BCUT2D eigenvalue weighted by atomic mass is 10.0. The van der Waals surface area contributed by atoms with Gasteiger partial charge in [0.2, 0.25) is 21.8 Å². The zero-order valence-corrected chi connectivity index (χ0v) is 22.6. The molecule has 9 nitrogen and oxygen atoms in total. The fraction of sp³-hybridized carbons (Fsp3) is 0.357. The standard InChI is InChI=1S/C28H33N3O6S/c1-19(32)29-26(18-22-16-24(36-2)9-11-27(22)37-3)28(33)30-23-12-14-31(15-13-23)38(34,35)25-10-8-20-6-4-5-7-21(20)17-25/h4-11,16-17,23,26H,12-15,18H2,1-3H3,(H,29,32)(H,30,33)/t26-/m0/s1. The second kappa shape index (κ2) is 11.8. The van der Waals surface area contributed by atoms with Crippen molar-refractivity contribution in [2.45, 2.75) is 43.2 Å². The Morgan fingerprint density at radius 3 is 2.34 bits per heavy atom. The largest absolute Gasteiger partial charge is 0.497 e. The normalized spacial score (nSPS) is 15.6. The summed E-state index contributed by atoms with van der Waals surface area (Å²) in [5.74, 6) is 0.535. The first-order chi connectivity index (χ1) is 18.2. The minimum absolute atomic E-state index is 0.209. The van der Waals surface area contributed by atoms with Crippen LogP contribution in [0.4, 0.5) is 0 Å². The van der Waals surface area contributed by atoms with Crippen molar-refractivity contribution in [2.24, 2.45) is 0 Å². The summed E-state index contributed by atoms with van der Waals surface area (Å²) in [6.07, 6.45) is 1.14. The van der Waals surface area contributed by atoms with Gasteiger partial charge < -0.3 is 20.1 Å². The average molecular weight is 540 g/mol. The van der Waals surface area contributed by atoms with Crippen LogP contribution in [0.2, 0.25) is 0 Å². The van der Waals surface area contributed by atoms with Crippen molar-refractivity contribution in [2.75, 3.05) is 27.3 Å². The fourth-order valence-electron chi connectivity index (χ4n) is 4.74. The number of ether oxygens (including phenoxy) is 2. The maximum atomic E-state index is 13.3. The Labute approximate surface area is 223 Å². The summed E-state index contributed by atoms with van der Waals surface area (Å²) in [5, 5.41) is 7.57. The second-order valence-corrected chi connectivity index (χ2v) is 11.3. The van der Waals surface area contributed by atoms with Crippen molar-refractivity contribution in [1.82, 2.24) is 14.9 Å². The number of amides is 2. The molecule has 1 fully saturated rings. The molecule has 2 N–H and O–H groups in total. The van der Waals surface area contributed by atoms with Crippen LogP contribution in [0.15, 0.2) is 65.6 Å². The Bertz CT molecular complexity index is 1420. The number of sulfonamides is 1. The molecular formula is C28H33N3O6S. The predicted molar refractivity (Wildman–Crippen MR) is 145 cm³/mol. The molecule has 1 aliphatic rings. The highest BCUT2D eigenvalue weighted by atomic mass is 32.2. The first-order valence-electron chi connectivity index (χ1n) is 12.5. The van der Waals surface area contributed by atoms with Gasteiger partial charge in [-0.1, -0.05) is 30.3 Å². The number of carbonyl (C=O) groups is 2. The Hall–Kier alpha value is -3.63. The van der Waals surface area contributed by atoms with E-state index in [0.29, 0.717) is 24.3 Å². The van der Waals surface area contributed by atoms with Crippen LogP contribution < -0.4 is 20.1 Å². The van der Waals surface area contributed by atoms with E-state index in [1.54, 1.807) is 44.6 Å². The molecule has 0 aromatic heterocycles. The molecule has 0 saturated carbocycles. The van der Waals surface area contributed by atoms with Crippen LogP contribution in [-0.2, 0) is 26.0 Å². The molecule has 202 valence electrons. The van der Waals surface area contributed by atoms with E-state index in [-0.39, 0.29) is 42.3 Å². The average Bonchev–Trinajstić information content (AvgIpc) is 2.92. The molecule has 1 heterocycles. The van der Waals surface area contributed by atoms with Crippen molar-refractivity contribution < 1.29 is 27.5 Å². The quantitative estimate of drug-likeness (QED) is 0.432. The summed E-state index contributed by atoms with van der Waals surface area (Å²) >= 11 is 0. The predicted octanol–water partition coefficient (Wildman–Crippen LogP) is 2.87. The number of piperidine rings is 1. The number of hydrogen-bond acceptors (Lipinski definition) is 6. The Kier molecular flexibility index (Phi) is 8.53. The molecule has 0 unspecified atom stereocenters. The van der Waals surface area contributed by atoms with E-state index < -0.39 is 16.1 Å². The molecule has 3 aromatic carbocycles. The first-order valence-corrected chi connectivity index (χ1v) is 13.9. The van der Waals surface area contributed by atoms with Crippen LogP contribution in [0, 0.1) is 0 Å². The highest BCUT2D eigenvalue weighted by molar-refractivity contribution is 7.89. The molecule has 1 saturated heterocycles. The molecule has 38 heavy (non-hydrogen) atoms. The van der Waals surface area contributed by atoms with Crippen molar-refractivity contribution in [3.05, 3.63) is 66.2 Å². The Balaban J connectivity index is 1.41. The van der Waals surface area contributed by atoms with Gasteiger partial charge in [0, 0.05) is 38.0 Å². The van der Waals surface area contributed by atoms with Gasteiger partial charge in [-0.05, 0) is 53.9 Å². The third-order valence-corrected chi connectivity index (χ3v) is 8.66. The van der Waals surface area contributed by atoms with Gasteiger partial charge in [0.05, 0.1) is 19.1 Å². The molecule has 2 amide bonds. The monoisotopic (exact) mass is 539 g/mol. The number of carbonyl (C=O) groups excluding carboxylic acids is 2. The smallest absolute Gasteiger partial charge is 0.243 e. The van der Waals surface area contributed by atoms with Gasteiger partial charge in [-0.2, -0.15) is 4.31 Å². The summed E-state index contributed by atoms with van der Waals surface area (Å²) in [6.45, 7) is 1.93. The van der Waals surface area contributed by atoms with E-state index in [0.717, 1.165) is 16.3 Å². The Morgan fingerprint density at radius 2 is 1.68 bits per heavy atom. The van der Waals surface area contributed by atoms with Crippen LogP contribution in [0.25, 0.3) is 10.8 Å². The number of methoxy groups -OCH3 is 2. The Morgan fingerprint density at radius 1 is 0.974 bits per heavy atom. The van der Waals surface area contributed by atoms with Crippen LogP contribution in [-0.4, -0.2) is 63.9 Å². The van der Waals surface area contributed by atoms with E-state index >= 15 is 0 Å². The molecule has 0 radical (unpaired) electrons. The number of nitrogens with one attached hydrogen (secondary N) is 2. The molecule has 4 rings (SSSR count). The third kappa shape index (κ3) is 6.25. The summed E-state index contributed by atoms with van der Waals surface area (Å²) < 4.78 is 38.7. The lowest BCUT2D eigenvalue weighted by Gasteiger charge is -2.32. The van der Waals surface area contributed by atoms with E-state index in [2.05, 4.69) is 10.6 Å². The minimum Gasteiger partial charge on any atom is -0.497 e. The number of nitrogens with zero attached hydrogens (tertiary/aromatic N) is 1. The SMILES string of the molecule is COc1ccc(OC)c(C[C@H](NC(C)=O)C(=O)NC2CCN(S(=O)(=O)c3ccc4ccccc4c3)CC2)c1. The van der Waals surface area contributed by atoms with Gasteiger partial charge in [0.15, 0.2) is 0 Å². The van der Waals surface area contributed by atoms with E-state index in [1.807, 2.05) is 30.3 Å². The summed E-state index contributed by atoms with van der Waals surface area (Å²) in [6, 6.07) is 17.0. The third-order valence-electron chi connectivity index (χ3n) is 6.76. The number of fused-ring (bicyclic) bond motifs is 1. The highest BCUT2D eigenvalue weighted by Crippen LogP contribution is 2.26. The van der Waals surface area contributed by atoms with Gasteiger partial charge in [0.25, 0.3) is 0 Å². The van der Waals surface area contributed by atoms with Crippen molar-refractivity contribution in [3.8, 4) is 11.5 Å². The lowest BCUT2D eigenvalue weighted by Crippen LogP contribution is -2.53. The van der Waals surface area contributed by atoms with E-state index in [9.17, 15) is 18.0 Å². The highest BCUT2D eigenvalue weighted by Gasteiger charge is 2.31. The second-order valence-electron chi connectivity index (χ2n) is 9.33. The maximum absolute atomic E-state index is 13.3. The zero-order valence-electron chi connectivity index (χ0n) is 21.8. The molecule has 0 bridgehead atoms. The summed E-state index contributed by atoms with van der Waals surface area (Å²) in [4.78, 5) is 25.3. The van der Waals surface area contributed by atoms with Crippen molar-refractivity contribution >= 4 is 32.6 Å². The lowest BCUT2D eigenvalue weighted by molar-refractivity contribution is -0.128. The van der Waals surface area contributed by atoms with Crippen LogP contribution in [0.1, 0.15) is 25.3 Å². The molecule has 0 spiro atoms. The number of hydrogen-bond donors (Lipinski definition) is 2. The molecule has 3 aromatic rings. The summed E-state index contributed by atoms with van der Waals surface area (Å²) in [5.41, 5.74) is 0.719. The summed E-state index contributed by atoms with van der Waals surface area (Å²) in [7, 11) is -0.563. The fourth-order valence-corrected chi connectivity index (χ4v) is 6.24. The molecule has 10 heteroatoms. The van der Waals surface area contributed by atoms with Crippen LogP contribution in [0.5, 0.6) is 11.5 Å². The van der Waals surface area contributed by atoms with Crippen LogP contribution in [0.3, 0.4) is 0 Å². The topological polar surface area (TPSA) is 114 Å². The van der Waals surface area contributed by atoms with Crippen molar-refractivity contribution in [1.29, 1.82) is 0 Å². The molecule has 1 atom stereocenters. The number of rotatable bonds is 9.